The average molecular weight is 207 g/mol. The molecule has 15 heavy (non-hydrogen) atoms. The highest BCUT2D eigenvalue weighted by molar-refractivity contribution is 5.28. The fraction of sp³-hybridized carbons (Fsp3) is 0.444. The fourth-order valence-electron chi connectivity index (χ4n) is 1.37. The van der Waals surface area contributed by atoms with Crippen molar-refractivity contribution in [3.05, 3.63) is 22.8 Å². The molecular weight excluding hydrogens is 194 g/mol. The van der Waals surface area contributed by atoms with Crippen molar-refractivity contribution in [3.8, 4) is 0 Å². The van der Waals surface area contributed by atoms with Crippen LogP contribution >= 0.6 is 0 Å². The van der Waals surface area contributed by atoms with Gasteiger partial charge >= 0.3 is 6.01 Å². The third-order valence-corrected chi connectivity index (χ3v) is 2.22. The largest absolute Gasteiger partial charge is 0.408 e. The second-order valence-electron chi connectivity index (χ2n) is 3.39. The summed E-state index contributed by atoms with van der Waals surface area (Å²) in [6.45, 7) is 6.33. The lowest BCUT2D eigenvalue weighted by molar-refractivity contribution is 0.530. The molecule has 6 nitrogen and oxygen atoms in total. The number of aromatic amines is 1. The van der Waals surface area contributed by atoms with E-state index in [2.05, 4.69) is 25.7 Å². The van der Waals surface area contributed by atoms with Crippen molar-refractivity contribution in [1.29, 1.82) is 0 Å². The Hall–Kier alpha value is -1.85. The zero-order chi connectivity index (χ0) is 10.8. The molecule has 0 spiro atoms. The summed E-state index contributed by atoms with van der Waals surface area (Å²) < 4.78 is 5.20. The maximum atomic E-state index is 5.20. The minimum Gasteiger partial charge on any atom is -0.408 e. The lowest BCUT2D eigenvalue weighted by Crippen LogP contribution is -2.01. The van der Waals surface area contributed by atoms with Gasteiger partial charge in [0.2, 0.25) is 5.89 Å². The van der Waals surface area contributed by atoms with E-state index in [1.54, 1.807) is 6.92 Å². The second-order valence-corrected chi connectivity index (χ2v) is 3.39. The van der Waals surface area contributed by atoms with E-state index in [4.69, 9.17) is 4.42 Å². The van der Waals surface area contributed by atoms with Crippen LogP contribution in [0.2, 0.25) is 0 Å². The standard InChI is InChI=1S/C9H13N5O/c1-5-8(6(2)12-11-5)4-10-9-14-13-7(3)15-9/h4H2,1-3H3,(H,10,14)(H,11,12). The molecule has 0 saturated heterocycles. The van der Waals surface area contributed by atoms with Gasteiger partial charge in [-0.1, -0.05) is 5.10 Å². The van der Waals surface area contributed by atoms with Gasteiger partial charge in [-0.05, 0) is 13.8 Å². The van der Waals surface area contributed by atoms with Crippen LogP contribution in [0.5, 0.6) is 0 Å². The number of hydrogen-bond acceptors (Lipinski definition) is 5. The Labute approximate surface area is 87.1 Å². The van der Waals surface area contributed by atoms with E-state index in [9.17, 15) is 0 Å². The molecule has 0 unspecified atom stereocenters. The van der Waals surface area contributed by atoms with Crippen molar-refractivity contribution in [2.24, 2.45) is 0 Å². The van der Waals surface area contributed by atoms with E-state index in [1.165, 1.54) is 0 Å². The van der Waals surface area contributed by atoms with Crippen LogP contribution in [-0.4, -0.2) is 20.4 Å². The molecule has 6 heteroatoms. The van der Waals surface area contributed by atoms with Crippen molar-refractivity contribution in [3.63, 3.8) is 0 Å². The first-order valence-electron chi connectivity index (χ1n) is 4.71. The Balaban J connectivity index is 2.05. The van der Waals surface area contributed by atoms with Gasteiger partial charge in [-0.15, -0.1) is 5.10 Å². The zero-order valence-corrected chi connectivity index (χ0v) is 8.96. The predicted octanol–water partition coefficient (Wildman–Crippen LogP) is 1.33. The van der Waals surface area contributed by atoms with E-state index in [0.29, 0.717) is 18.5 Å². The number of nitrogens with zero attached hydrogens (tertiary/aromatic N) is 3. The second kappa shape index (κ2) is 3.72. The fourth-order valence-corrected chi connectivity index (χ4v) is 1.37. The van der Waals surface area contributed by atoms with Crippen LogP contribution in [0.25, 0.3) is 0 Å². The number of H-pyrrole nitrogens is 1. The van der Waals surface area contributed by atoms with Crippen LogP contribution in [-0.2, 0) is 6.54 Å². The summed E-state index contributed by atoms with van der Waals surface area (Å²) in [5.41, 5.74) is 3.17. The van der Waals surface area contributed by atoms with Gasteiger partial charge in [0.1, 0.15) is 0 Å². The van der Waals surface area contributed by atoms with Gasteiger partial charge in [-0.3, -0.25) is 5.10 Å². The molecule has 0 bridgehead atoms. The lowest BCUT2D eigenvalue weighted by atomic mass is 10.2. The van der Waals surface area contributed by atoms with Gasteiger partial charge in [0.15, 0.2) is 0 Å². The van der Waals surface area contributed by atoms with Gasteiger partial charge in [0.25, 0.3) is 0 Å². The molecule has 0 saturated carbocycles. The molecule has 2 rings (SSSR count). The molecule has 2 heterocycles. The van der Waals surface area contributed by atoms with E-state index in [-0.39, 0.29) is 0 Å². The Kier molecular flexibility index (Phi) is 2.40. The third kappa shape index (κ3) is 1.98. The molecule has 0 atom stereocenters. The number of anilines is 1. The van der Waals surface area contributed by atoms with Crippen molar-refractivity contribution in [2.75, 3.05) is 5.32 Å². The topological polar surface area (TPSA) is 79.6 Å². The van der Waals surface area contributed by atoms with E-state index in [0.717, 1.165) is 17.0 Å². The normalized spacial score (nSPS) is 10.6. The molecule has 0 aliphatic heterocycles. The first-order valence-corrected chi connectivity index (χ1v) is 4.71. The smallest absolute Gasteiger partial charge is 0.315 e. The Bertz CT molecular complexity index is 439. The molecule has 0 aromatic carbocycles. The maximum absolute atomic E-state index is 5.20. The van der Waals surface area contributed by atoms with Gasteiger partial charge in [-0.2, -0.15) is 5.10 Å². The van der Waals surface area contributed by atoms with Gasteiger partial charge in [0.05, 0.1) is 5.69 Å². The molecular formula is C9H13N5O. The zero-order valence-electron chi connectivity index (χ0n) is 8.96. The maximum Gasteiger partial charge on any atom is 0.315 e. The van der Waals surface area contributed by atoms with Crippen LogP contribution in [0.1, 0.15) is 22.8 Å². The Morgan fingerprint density at radius 1 is 1.27 bits per heavy atom. The van der Waals surface area contributed by atoms with Crippen LogP contribution in [0.3, 0.4) is 0 Å². The van der Waals surface area contributed by atoms with E-state index in [1.807, 2.05) is 13.8 Å². The van der Waals surface area contributed by atoms with Crippen molar-refractivity contribution in [1.82, 2.24) is 20.4 Å². The van der Waals surface area contributed by atoms with Crippen molar-refractivity contribution >= 4 is 6.01 Å². The average Bonchev–Trinajstić information content (AvgIpc) is 2.73. The summed E-state index contributed by atoms with van der Waals surface area (Å²) >= 11 is 0. The molecule has 0 aliphatic carbocycles. The highest BCUT2D eigenvalue weighted by Crippen LogP contribution is 2.12. The monoisotopic (exact) mass is 207 g/mol. The summed E-state index contributed by atoms with van der Waals surface area (Å²) in [5, 5.41) is 17.6. The summed E-state index contributed by atoms with van der Waals surface area (Å²) in [5.74, 6) is 0.554. The van der Waals surface area contributed by atoms with Gasteiger partial charge in [-0.25, -0.2) is 0 Å². The summed E-state index contributed by atoms with van der Waals surface area (Å²) in [6.07, 6.45) is 0. The molecule has 2 N–H and O–H groups in total. The predicted molar refractivity (Wildman–Crippen MR) is 54.4 cm³/mol. The molecule has 0 radical (unpaired) electrons. The summed E-state index contributed by atoms with van der Waals surface area (Å²) in [6, 6.07) is 0.438. The molecule has 2 aromatic rings. The van der Waals surface area contributed by atoms with E-state index >= 15 is 0 Å². The SMILES string of the molecule is Cc1nnc(NCc2c(C)n[nH]c2C)o1. The van der Waals surface area contributed by atoms with Crippen LogP contribution in [0.15, 0.2) is 4.42 Å². The van der Waals surface area contributed by atoms with Gasteiger partial charge < -0.3 is 9.73 Å². The lowest BCUT2D eigenvalue weighted by Gasteiger charge is -2.00. The number of nitrogens with one attached hydrogen (secondary N) is 2. The highest BCUT2D eigenvalue weighted by atomic mass is 16.4. The number of hydrogen-bond donors (Lipinski definition) is 2. The van der Waals surface area contributed by atoms with E-state index < -0.39 is 0 Å². The molecule has 2 aromatic heterocycles. The highest BCUT2D eigenvalue weighted by Gasteiger charge is 2.07. The van der Waals surface area contributed by atoms with Crippen molar-refractivity contribution in [2.45, 2.75) is 27.3 Å². The van der Waals surface area contributed by atoms with Crippen molar-refractivity contribution < 1.29 is 4.42 Å². The number of aromatic nitrogens is 4. The van der Waals surface area contributed by atoms with Crippen LogP contribution < -0.4 is 5.32 Å². The number of rotatable bonds is 3. The first-order chi connectivity index (χ1) is 7.16. The van der Waals surface area contributed by atoms with Crippen LogP contribution in [0, 0.1) is 20.8 Å². The summed E-state index contributed by atoms with van der Waals surface area (Å²) in [7, 11) is 0. The molecule has 80 valence electrons. The Morgan fingerprint density at radius 2 is 2.07 bits per heavy atom. The minimum absolute atomic E-state index is 0.438. The number of aryl methyl sites for hydroxylation is 3. The third-order valence-electron chi connectivity index (χ3n) is 2.22. The molecule has 0 fully saturated rings. The van der Waals surface area contributed by atoms with Crippen LogP contribution in [0.4, 0.5) is 6.01 Å². The molecule has 0 aliphatic rings. The molecule has 0 amide bonds. The summed E-state index contributed by atoms with van der Waals surface area (Å²) in [4.78, 5) is 0. The minimum atomic E-state index is 0.438. The Morgan fingerprint density at radius 3 is 2.60 bits per heavy atom. The quantitative estimate of drug-likeness (QED) is 0.793. The van der Waals surface area contributed by atoms with Gasteiger partial charge in [0, 0.05) is 24.7 Å². The first kappa shape index (κ1) is 9.70.